The van der Waals surface area contributed by atoms with Crippen molar-refractivity contribution in [3.05, 3.63) is 42.1 Å². The zero-order chi connectivity index (χ0) is 15.2. The molecule has 0 radical (unpaired) electrons. The molecule has 2 saturated heterocycles. The van der Waals surface area contributed by atoms with Gasteiger partial charge in [0.05, 0.1) is 22.9 Å². The molecular weight excluding hydrogens is 298 g/mol. The Bertz CT molecular complexity index is 770. The topological polar surface area (TPSA) is 66.1 Å². The van der Waals surface area contributed by atoms with Crippen LogP contribution >= 0.6 is 0 Å². The molecule has 2 aromatic rings. The second-order valence-corrected chi connectivity index (χ2v) is 8.62. The van der Waals surface area contributed by atoms with Gasteiger partial charge in [-0.15, -0.1) is 0 Å². The summed E-state index contributed by atoms with van der Waals surface area (Å²) >= 11 is 0. The van der Waals surface area contributed by atoms with Crippen molar-refractivity contribution in [2.45, 2.75) is 18.2 Å². The molecule has 2 aliphatic rings. The quantitative estimate of drug-likeness (QED) is 0.935. The summed E-state index contributed by atoms with van der Waals surface area (Å²) in [6, 6.07) is 10.1. The average Bonchev–Trinajstić information content (AvgIpc) is 3.19. The average molecular weight is 317 g/mol. The zero-order valence-electron chi connectivity index (χ0n) is 12.3. The third kappa shape index (κ3) is 2.36. The smallest absolute Gasteiger partial charge is 0.154 e. The van der Waals surface area contributed by atoms with Crippen LogP contribution in [0.4, 0.5) is 0 Å². The molecule has 0 aliphatic carbocycles. The number of rotatable bonds is 3. The highest BCUT2D eigenvalue weighted by Crippen LogP contribution is 2.34. The first-order chi connectivity index (χ1) is 10.6. The summed E-state index contributed by atoms with van der Waals surface area (Å²) in [4.78, 5) is 2.25. The summed E-state index contributed by atoms with van der Waals surface area (Å²) in [6.45, 7) is 2.29. The molecule has 0 unspecified atom stereocenters. The summed E-state index contributed by atoms with van der Waals surface area (Å²) in [5, 5.41) is 7.09. The maximum Gasteiger partial charge on any atom is 0.154 e. The number of sulfone groups is 1. The molecule has 2 atom stereocenters. The number of aromatic nitrogens is 2. The van der Waals surface area contributed by atoms with Crippen molar-refractivity contribution in [3.8, 4) is 11.3 Å². The van der Waals surface area contributed by atoms with E-state index in [2.05, 4.69) is 27.2 Å². The van der Waals surface area contributed by atoms with Crippen LogP contribution in [0.2, 0.25) is 0 Å². The van der Waals surface area contributed by atoms with E-state index in [1.807, 2.05) is 24.4 Å². The third-order valence-corrected chi connectivity index (χ3v) is 7.13. The van der Waals surface area contributed by atoms with Crippen LogP contribution in [0.15, 0.2) is 36.5 Å². The number of H-pyrrole nitrogens is 1. The van der Waals surface area contributed by atoms with Crippen LogP contribution in [-0.4, -0.2) is 47.6 Å². The Hall–Kier alpha value is -1.66. The number of benzene rings is 1. The summed E-state index contributed by atoms with van der Waals surface area (Å²) in [5.41, 5.74) is 3.27. The van der Waals surface area contributed by atoms with E-state index in [-0.39, 0.29) is 5.25 Å². The van der Waals surface area contributed by atoms with Crippen LogP contribution in [0.25, 0.3) is 11.3 Å². The fourth-order valence-electron chi connectivity index (χ4n) is 3.73. The van der Waals surface area contributed by atoms with Crippen LogP contribution in [0, 0.1) is 5.92 Å². The van der Waals surface area contributed by atoms with Crippen LogP contribution in [0.5, 0.6) is 0 Å². The molecule has 1 aromatic carbocycles. The minimum absolute atomic E-state index is 0.153. The Morgan fingerprint density at radius 1 is 1.23 bits per heavy atom. The Kier molecular flexibility index (Phi) is 3.31. The molecule has 0 bridgehead atoms. The van der Waals surface area contributed by atoms with Gasteiger partial charge in [-0.05, 0) is 17.9 Å². The first-order valence-corrected chi connectivity index (χ1v) is 9.36. The number of aromatic amines is 1. The van der Waals surface area contributed by atoms with Gasteiger partial charge in [-0.1, -0.05) is 30.3 Å². The zero-order valence-corrected chi connectivity index (χ0v) is 13.1. The van der Waals surface area contributed by atoms with Gasteiger partial charge < -0.3 is 0 Å². The minimum atomic E-state index is -2.86. The Morgan fingerprint density at radius 3 is 2.82 bits per heavy atom. The van der Waals surface area contributed by atoms with Crippen molar-refractivity contribution in [2.75, 3.05) is 18.8 Å². The van der Waals surface area contributed by atoms with Gasteiger partial charge in [0, 0.05) is 25.2 Å². The summed E-state index contributed by atoms with van der Waals surface area (Å²) in [7, 11) is -2.86. The summed E-state index contributed by atoms with van der Waals surface area (Å²) in [6.07, 6.45) is 2.67. The SMILES string of the molecule is O=S1(=O)CC[C@H]2CN(Cc3cn[nH]c3-c3ccccc3)C[C@H]21. The minimum Gasteiger partial charge on any atom is -0.297 e. The molecule has 0 amide bonds. The molecule has 3 heterocycles. The van der Waals surface area contributed by atoms with Crippen molar-refractivity contribution < 1.29 is 8.42 Å². The monoisotopic (exact) mass is 317 g/mol. The fraction of sp³-hybridized carbons (Fsp3) is 0.438. The molecule has 2 aliphatic heterocycles. The molecule has 0 spiro atoms. The van der Waals surface area contributed by atoms with E-state index in [0.717, 1.165) is 36.3 Å². The molecular formula is C16H19N3O2S. The fourth-order valence-corrected chi connectivity index (χ4v) is 5.91. The van der Waals surface area contributed by atoms with Gasteiger partial charge in [0.15, 0.2) is 9.84 Å². The Balaban J connectivity index is 1.53. The van der Waals surface area contributed by atoms with Crippen molar-refractivity contribution in [1.82, 2.24) is 15.1 Å². The molecule has 6 heteroatoms. The predicted octanol–water partition coefficient (Wildman–Crippen LogP) is 1.70. The molecule has 4 rings (SSSR count). The van der Waals surface area contributed by atoms with Gasteiger partial charge in [-0.2, -0.15) is 5.10 Å². The van der Waals surface area contributed by atoms with Gasteiger partial charge >= 0.3 is 0 Å². The number of nitrogens with zero attached hydrogens (tertiary/aromatic N) is 2. The molecule has 1 N–H and O–H groups in total. The highest BCUT2D eigenvalue weighted by molar-refractivity contribution is 7.92. The highest BCUT2D eigenvalue weighted by Gasteiger charge is 2.46. The second-order valence-electron chi connectivity index (χ2n) is 6.28. The maximum absolute atomic E-state index is 12.0. The van der Waals surface area contributed by atoms with Gasteiger partial charge in [0.1, 0.15) is 0 Å². The van der Waals surface area contributed by atoms with Crippen LogP contribution < -0.4 is 0 Å². The van der Waals surface area contributed by atoms with Gasteiger partial charge in [0.25, 0.3) is 0 Å². The number of hydrogen-bond donors (Lipinski definition) is 1. The van der Waals surface area contributed by atoms with E-state index in [0.29, 0.717) is 18.2 Å². The van der Waals surface area contributed by atoms with Crippen LogP contribution in [0.3, 0.4) is 0 Å². The standard InChI is InChI=1S/C16H19N3O2S/c20-22(21)7-6-13-9-19(11-15(13)22)10-14-8-17-18-16(14)12-4-2-1-3-5-12/h1-5,8,13,15H,6-7,9-11H2,(H,17,18)/t13-,15+/m0/s1. The number of hydrogen-bond acceptors (Lipinski definition) is 4. The van der Waals surface area contributed by atoms with Crippen molar-refractivity contribution in [1.29, 1.82) is 0 Å². The molecule has 116 valence electrons. The number of nitrogens with one attached hydrogen (secondary N) is 1. The Morgan fingerprint density at radius 2 is 2.05 bits per heavy atom. The lowest BCUT2D eigenvalue weighted by Gasteiger charge is -2.16. The van der Waals surface area contributed by atoms with E-state index < -0.39 is 9.84 Å². The second kappa shape index (κ2) is 5.21. The highest BCUT2D eigenvalue weighted by atomic mass is 32.2. The lowest BCUT2D eigenvalue weighted by molar-refractivity contribution is 0.315. The van der Waals surface area contributed by atoms with Gasteiger partial charge in [-0.3, -0.25) is 10.00 Å². The van der Waals surface area contributed by atoms with Crippen molar-refractivity contribution in [3.63, 3.8) is 0 Å². The van der Waals surface area contributed by atoms with Crippen molar-refractivity contribution >= 4 is 9.84 Å². The molecule has 1 aromatic heterocycles. The first-order valence-electron chi connectivity index (χ1n) is 7.65. The van der Waals surface area contributed by atoms with E-state index >= 15 is 0 Å². The van der Waals surface area contributed by atoms with Crippen LogP contribution in [-0.2, 0) is 16.4 Å². The maximum atomic E-state index is 12.0. The number of fused-ring (bicyclic) bond motifs is 1. The van der Waals surface area contributed by atoms with E-state index in [4.69, 9.17) is 0 Å². The predicted molar refractivity (Wildman–Crippen MR) is 85.0 cm³/mol. The van der Waals surface area contributed by atoms with E-state index in [1.54, 1.807) is 0 Å². The molecule has 0 saturated carbocycles. The van der Waals surface area contributed by atoms with Crippen LogP contribution in [0.1, 0.15) is 12.0 Å². The lowest BCUT2D eigenvalue weighted by Crippen LogP contribution is -2.26. The molecule has 5 nitrogen and oxygen atoms in total. The molecule has 2 fully saturated rings. The summed E-state index contributed by atoms with van der Waals surface area (Å²) in [5.74, 6) is 0.689. The largest absolute Gasteiger partial charge is 0.297 e. The van der Waals surface area contributed by atoms with Crippen molar-refractivity contribution in [2.24, 2.45) is 5.92 Å². The van der Waals surface area contributed by atoms with E-state index in [1.165, 1.54) is 0 Å². The lowest BCUT2D eigenvalue weighted by atomic mass is 10.1. The van der Waals surface area contributed by atoms with Gasteiger partial charge in [0.2, 0.25) is 0 Å². The Labute approximate surface area is 130 Å². The van der Waals surface area contributed by atoms with Gasteiger partial charge in [-0.25, -0.2) is 8.42 Å². The van der Waals surface area contributed by atoms with E-state index in [9.17, 15) is 8.42 Å². The first kappa shape index (κ1) is 14.0. The number of likely N-dealkylation sites (tertiary alicyclic amines) is 1. The normalized spacial score (nSPS) is 27.1. The summed E-state index contributed by atoms with van der Waals surface area (Å²) < 4.78 is 24.1. The third-order valence-electron chi connectivity index (χ3n) is 4.87. The molecule has 22 heavy (non-hydrogen) atoms.